The van der Waals surface area contributed by atoms with Crippen LogP contribution in [0.1, 0.15) is 29.4 Å². The van der Waals surface area contributed by atoms with Crippen LogP contribution in [0.4, 0.5) is 23.1 Å². The molecule has 0 aliphatic carbocycles. The van der Waals surface area contributed by atoms with Crippen LogP contribution in [0, 0.1) is 0 Å². The van der Waals surface area contributed by atoms with Crippen LogP contribution in [-0.4, -0.2) is 39.2 Å². The summed E-state index contributed by atoms with van der Waals surface area (Å²) in [6.07, 6.45) is 2.04. The first-order chi connectivity index (χ1) is 17.1. The second-order valence-electron chi connectivity index (χ2n) is 8.05. The molecule has 10 heteroatoms. The van der Waals surface area contributed by atoms with Crippen molar-refractivity contribution < 1.29 is 4.79 Å². The maximum absolute atomic E-state index is 12.5. The molecule has 0 bridgehead atoms. The normalized spacial score (nSPS) is 12.8. The molecule has 0 saturated carbocycles. The highest BCUT2D eigenvalue weighted by atomic mass is 35.5. The van der Waals surface area contributed by atoms with Crippen LogP contribution in [-0.2, 0) is 6.42 Å². The molecular formula is C25H24ClN7OS. The minimum absolute atomic E-state index is 0.248. The summed E-state index contributed by atoms with van der Waals surface area (Å²) < 4.78 is 0. The van der Waals surface area contributed by atoms with Crippen LogP contribution in [0.5, 0.6) is 0 Å². The van der Waals surface area contributed by atoms with Crippen LogP contribution in [0.3, 0.4) is 0 Å². The summed E-state index contributed by atoms with van der Waals surface area (Å²) in [5.74, 6) is 2.07. The molecule has 0 radical (unpaired) electrons. The lowest BCUT2D eigenvalue weighted by molar-refractivity contribution is 0.102. The van der Waals surface area contributed by atoms with Gasteiger partial charge in [-0.3, -0.25) is 9.89 Å². The Morgan fingerprint density at radius 1 is 1.09 bits per heavy atom. The number of nitrogens with zero attached hydrogens (tertiary/aromatic N) is 4. The third-order valence-corrected chi connectivity index (χ3v) is 6.78. The van der Waals surface area contributed by atoms with E-state index in [1.165, 1.54) is 11.8 Å². The Morgan fingerprint density at radius 2 is 1.89 bits per heavy atom. The van der Waals surface area contributed by atoms with E-state index in [4.69, 9.17) is 21.6 Å². The molecule has 35 heavy (non-hydrogen) atoms. The van der Waals surface area contributed by atoms with Gasteiger partial charge in [-0.15, -0.1) is 0 Å². The van der Waals surface area contributed by atoms with Gasteiger partial charge in [0.15, 0.2) is 11.0 Å². The topological polar surface area (TPSA) is 98.8 Å². The lowest BCUT2D eigenvalue weighted by Gasteiger charge is -2.32. The molecule has 5 rings (SSSR count). The second kappa shape index (κ2) is 10.4. The molecule has 4 aromatic rings. The summed E-state index contributed by atoms with van der Waals surface area (Å²) in [5, 5.41) is 14.5. The largest absolute Gasteiger partial charge is 0.356 e. The number of rotatable bonds is 8. The molecule has 1 fully saturated rings. The fourth-order valence-electron chi connectivity index (χ4n) is 3.52. The zero-order valence-electron chi connectivity index (χ0n) is 19.1. The molecule has 3 heterocycles. The predicted octanol–water partition coefficient (Wildman–Crippen LogP) is 5.77. The van der Waals surface area contributed by atoms with Crippen molar-refractivity contribution in [2.45, 2.75) is 29.8 Å². The van der Waals surface area contributed by atoms with E-state index in [0.717, 1.165) is 48.2 Å². The molecule has 8 nitrogen and oxygen atoms in total. The zero-order chi connectivity index (χ0) is 24.2. The summed E-state index contributed by atoms with van der Waals surface area (Å²) in [4.78, 5) is 25.2. The number of aromatic amines is 1. The third-order valence-electron chi connectivity index (χ3n) is 5.58. The van der Waals surface area contributed by atoms with E-state index >= 15 is 0 Å². The average molecular weight is 506 g/mol. The predicted molar refractivity (Wildman–Crippen MR) is 140 cm³/mol. The SMILES string of the molecule is CCc1cc(Nc2cc(N3CCC3)nc(Sc3ccc(NC(=O)c4ccccc4Cl)cc3)n2)n[nH]1. The van der Waals surface area contributed by atoms with Gasteiger partial charge < -0.3 is 15.5 Å². The van der Waals surface area contributed by atoms with Gasteiger partial charge in [-0.25, -0.2) is 9.97 Å². The van der Waals surface area contributed by atoms with Crippen LogP contribution in [0.25, 0.3) is 0 Å². The number of anilines is 4. The number of H-pyrrole nitrogens is 1. The molecule has 2 aromatic heterocycles. The Kier molecular flexibility index (Phi) is 6.87. The van der Waals surface area contributed by atoms with E-state index in [9.17, 15) is 4.79 Å². The van der Waals surface area contributed by atoms with Crippen molar-refractivity contribution in [1.82, 2.24) is 20.2 Å². The van der Waals surface area contributed by atoms with Crippen molar-refractivity contribution >= 4 is 52.4 Å². The van der Waals surface area contributed by atoms with Crippen molar-refractivity contribution in [1.29, 1.82) is 0 Å². The van der Waals surface area contributed by atoms with Gasteiger partial charge in [0, 0.05) is 41.5 Å². The number of aryl methyl sites for hydroxylation is 1. The fraction of sp³-hybridized carbons (Fsp3) is 0.200. The highest BCUT2D eigenvalue weighted by molar-refractivity contribution is 7.99. The van der Waals surface area contributed by atoms with Crippen LogP contribution in [0.15, 0.2) is 70.7 Å². The summed E-state index contributed by atoms with van der Waals surface area (Å²) in [6, 6.07) is 18.5. The lowest BCUT2D eigenvalue weighted by atomic mass is 10.2. The van der Waals surface area contributed by atoms with Crippen molar-refractivity contribution in [3.63, 3.8) is 0 Å². The van der Waals surface area contributed by atoms with Crippen LogP contribution >= 0.6 is 23.4 Å². The number of carbonyl (C=O) groups excluding carboxylic acids is 1. The number of benzene rings is 2. The quantitative estimate of drug-likeness (QED) is 0.261. The van der Waals surface area contributed by atoms with Crippen molar-refractivity contribution in [2.75, 3.05) is 28.6 Å². The van der Waals surface area contributed by atoms with Crippen molar-refractivity contribution in [3.05, 3.63) is 76.9 Å². The van der Waals surface area contributed by atoms with E-state index in [-0.39, 0.29) is 5.91 Å². The first kappa shape index (κ1) is 23.2. The van der Waals surface area contributed by atoms with Gasteiger partial charge in [0.25, 0.3) is 5.91 Å². The maximum atomic E-state index is 12.5. The Bertz CT molecular complexity index is 1340. The fourth-order valence-corrected chi connectivity index (χ4v) is 4.51. The molecule has 3 N–H and O–H groups in total. The maximum Gasteiger partial charge on any atom is 0.257 e. The number of halogens is 1. The van der Waals surface area contributed by atoms with Gasteiger partial charge in [-0.1, -0.05) is 30.7 Å². The summed E-state index contributed by atoms with van der Waals surface area (Å²) in [7, 11) is 0. The van der Waals surface area contributed by atoms with Crippen molar-refractivity contribution in [3.8, 4) is 0 Å². The molecule has 0 unspecified atom stereocenters. The number of nitrogens with one attached hydrogen (secondary N) is 3. The lowest BCUT2D eigenvalue weighted by Crippen LogP contribution is -2.37. The molecule has 2 aromatic carbocycles. The van der Waals surface area contributed by atoms with E-state index in [2.05, 4.69) is 32.7 Å². The third kappa shape index (κ3) is 5.58. The van der Waals surface area contributed by atoms with E-state index in [0.29, 0.717) is 27.2 Å². The smallest absolute Gasteiger partial charge is 0.257 e. The molecule has 178 valence electrons. The molecular weight excluding hydrogens is 482 g/mol. The number of hydrogen-bond acceptors (Lipinski definition) is 7. The van der Waals surface area contributed by atoms with Gasteiger partial charge >= 0.3 is 0 Å². The minimum Gasteiger partial charge on any atom is -0.356 e. The molecule has 1 aliphatic rings. The highest BCUT2D eigenvalue weighted by Gasteiger charge is 2.19. The second-order valence-corrected chi connectivity index (χ2v) is 9.50. The summed E-state index contributed by atoms with van der Waals surface area (Å²) >= 11 is 7.59. The number of aromatic nitrogens is 4. The zero-order valence-corrected chi connectivity index (χ0v) is 20.7. The number of hydrogen-bond donors (Lipinski definition) is 3. The van der Waals surface area contributed by atoms with Gasteiger partial charge in [-0.2, -0.15) is 5.10 Å². The molecule has 1 saturated heterocycles. The van der Waals surface area contributed by atoms with Crippen LogP contribution in [0.2, 0.25) is 5.02 Å². The Balaban J connectivity index is 1.31. The van der Waals surface area contributed by atoms with Gasteiger partial charge in [0.2, 0.25) is 0 Å². The molecule has 1 amide bonds. The highest BCUT2D eigenvalue weighted by Crippen LogP contribution is 2.31. The molecule has 0 atom stereocenters. The monoisotopic (exact) mass is 505 g/mol. The first-order valence-corrected chi connectivity index (χ1v) is 12.6. The minimum atomic E-state index is -0.248. The average Bonchev–Trinajstić information content (AvgIpc) is 3.27. The van der Waals surface area contributed by atoms with Crippen LogP contribution < -0.4 is 15.5 Å². The summed E-state index contributed by atoms with van der Waals surface area (Å²) in [6.45, 7) is 4.05. The van der Waals surface area contributed by atoms with E-state index < -0.39 is 0 Å². The molecule has 0 spiro atoms. The molecule has 1 aliphatic heterocycles. The van der Waals surface area contributed by atoms with Gasteiger partial charge in [-0.05, 0) is 61.0 Å². The Hall–Kier alpha value is -3.56. The van der Waals surface area contributed by atoms with Gasteiger partial charge in [0.05, 0.1) is 10.6 Å². The standard InChI is InChI=1S/C25H24ClN7OS/c1-2-16-14-22(32-31-16)28-21-15-23(33-12-5-13-33)30-25(29-21)35-18-10-8-17(9-11-18)27-24(34)19-6-3-4-7-20(19)26/h3-4,6-11,14-15H,2,5,12-13H2,1H3,(H,27,34)(H2,28,29,30,31,32). The first-order valence-electron chi connectivity index (χ1n) is 11.4. The van der Waals surface area contributed by atoms with Crippen molar-refractivity contribution in [2.24, 2.45) is 0 Å². The Labute approximate surface area is 212 Å². The van der Waals surface area contributed by atoms with Gasteiger partial charge in [0.1, 0.15) is 11.6 Å². The number of carbonyl (C=O) groups is 1. The number of amides is 1. The summed E-state index contributed by atoms with van der Waals surface area (Å²) in [5.41, 5.74) is 2.18. The van der Waals surface area contributed by atoms with E-state index in [1.807, 2.05) is 36.4 Å². The Morgan fingerprint density at radius 3 is 2.57 bits per heavy atom. The van der Waals surface area contributed by atoms with E-state index in [1.54, 1.807) is 24.3 Å².